The van der Waals surface area contributed by atoms with Gasteiger partial charge in [-0.2, -0.15) is 0 Å². The lowest BCUT2D eigenvalue weighted by molar-refractivity contribution is 0.0690. The van der Waals surface area contributed by atoms with Gasteiger partial charge in [0.1, 0.15) is 6.26 Å². The number of aromatic carboxylic acids is 1. The van der Waals surface area contributed by atoms with Crippen molar-refractivity contribution in [3.05, 3.63) is 17.8 Å². The lowest BCUT2D eigenvalue weighted by atomic mass is 9.69. The Morgan fingerprint density at radius 1 is 1.56 bits per heavy atom. The standard InChI is InChI=1S/C12H17NO3/c1-12(2)6-4-3-5-8(12)10-13-9(7-16-10)11(14)15/h7-8H,3-6H2,1-2H3,(H,14,15). The Hall–Kier alpha value is -1.32. The summed E-state index contributed by atoms with van der Waals surface area (Å²) in [7, 11) is 0. The lowest BCUT2D eigenvalue weighted by Crippen LogP contribution is -2.26. The van der Waals surface area contributed by atoms with Crippen LogP contribution in [0.3, 0.4) is 0 Å². The Morgan fingerprint density at radius 2 is 2.31 bits per heavy atom. The summed E-state index contributed by atoms with van der Waals surface area (Å²) in [5.41, 5.74) is 0.162. The van der Waals surface area contributed by atoms with Gasteiger partial charge in [0.25, 0.3) is 0 Å². The molecule has 4 heteroatoms. The highest BCUT2D eigenvalue weighted by molar-refractivity contribution is 5.84. The molecule has 1 N–H and O–H groups in total. The summed E-state index contributed by atoms with van der Waals surface area (Å²) >= 11 is 0. The van der Waals surface area contributed by atoms with Gasteiger partial charge < -0.3 is 9.52 Å². The second kappa shape index (κ2) is 3.92. The molecule has 1 aromatic rings. The number of rotatable bonds is 2. The predicted molar refractivity (Wildman–Crippen MR) is 58.5 cm³/mol. The zero-order valence-corrected chi connectivity index (χ0v) is 9.69. The largest absolute Gasteiger partial charge is 0.476 e. The van der Waals surface area contributed by atoms with Gasteiger partial charge in [-0.15, -0.1) is 0 Å². The van der Waals surface area contributed by atoms with Gasteiger partial charge in [-0.1, -0.05) is 26.7 Å². The summed E-state index contributed by atoms with van der Waals surface area (Å²) in [6.45, 7) is 4.39. The summed E-state index contributed by atoms with van der Waals surface area (Å²) in [5, 5.41) is 8.80. The van der Waals surface area contributed by atoms with Gasteiger partial charge in [0.05, 0.1) is 0 Å². The fraction of sp³-hybridized carbons (Fsp3) is 0.667. The Morgan fingerprint density at radius 3 is 2.88 bits per heavy atom. The van der Waals surface area contributed by atoms with E-state index in [1.54, 1.807) is 0 Å². The summed E-state index contributed by atoms with van der Waals surface area (Å²) in [6.07, 6.45) is 5.81. The highest BCUT2D eigenvalue weighted by Crippen LogP contribution is 2.46. The maximum absolute atomic E-state index is 10.7. The number of carboxylic acids is 1. The van der Waals surface area contributed by atoms with Crippen molar-refractivity contribution in [3.63, 3.8) is 0 Å². The van der Waals surface area contributed by atoms with Crippen LogP contribution in [-0.4, -0.2) is 16.1 Å². The van der Waals surface area contributed by atoms with Crippen LogP contribution in [0.1, 0.15) is 61.8 Å². The highest BCUT2D eigenvalue weighted by Gasteiger charge is 2.36. The van der Waals surface area contributed by atoms with Crippen LogP contribution >= 0.6 is 0 Å². The summed E-state index contributed by atoms with van der Waals surface area (Å²) in [6, 6.07) is 0. The minimum atomic E-state index is -1.02. The van der Waals surface area contributed by atoms with Gasteiger partial charge in [0.2, 0.25) is 0 Å². The Kier molecular flexibility index (Phi) is 2.74. The highest BCUT2D eigenvalue weighted by atomic mass is 16.4. The molecule has 0 spiro atoms. The number of aromatic nitrogens is 1. The smallest absolute Gasteiger partial charge is 0.357 e. The molecule has 2 rings (SSSR count). The molecule has 1 fully saturated rings. The van der Waals surface area contributed by atoms with Crippen molar-refractivity contribution in [2.45, 2.75) is 45.4 Å². The molecule has 0 radical (unpaired) electrons. The van der Waals surface area contributed by atoms with Gasteiger partial charge >= 0.3 is 5.97 Å². The third kappa shape index (κ3) is 1.96. The zero-order chi connectivity index (χ0) is 11.8. The van der Waals surface area contributed by atoms with Gasteiger partial charge in [-0.25, -0.2) is 9.78 Å². The Bertz CT molecular complexity index is 395. The van der Waals surface area contributed by atoms with Crippen molar-refractivity contribution in [2.24, 2.45) is 5.41 Å². The van der Waals surface area contributed by atoms with Gasteiger partial charge in [0.15, 0.2) is 11.6 Å². The summed E-state index contributed by atoms with van der Waals surface area (Å²) in [5.74, 6) is -0.194. The molecule has 4 nitrogen and oxygen atoms in total. The second-order valence-electron chi connectivity index (χ2n) is 5.16. The zero-order valence-electron chi connectivity index (χ0n) is 9.69. The molecule has 0 amide bonds. The van der Waals surface area contributed by atoms with Gasteiger partial charge in [0, 0.05) is 5.92 Å². The van der Waals surface area contributed by atoms with E-state index in [9.17, 15) is 4.79 Å². The van der Waals surface area contributed by atoms with Gasteiger partial charge in [-0.3, -0.25) is 0 Å². The first-order chi connectivity index (χ1) is 7.50. The van der Waals surface area contributed by atoms with E-state index in [1.807, 2.05) is 0 Å². The maximum atomic E-state index is 10.7. The molecule has 1 heterocycles. The molecule has 0 bridgehead atoms. The first-order valence-electron chi connectivity index (χ1n) is 5.69. The minimum absolute atomic E-state index is 0.0105. The molecule has 88 valence electrons. The molecule has 0 aliphatic heterocycles. The average molecular weight is 223 g/mol. The predicted octanol–water partition coefficient (Wildman–Crippen LogP) is 3.06. The molecule has 1 unspecified atom stereocenters. The minimum Gasteiger partial charge on any atom is -0.476 e. The molecule has 1 atom stereocenters. The van der Waals surface area contributed by atoms with Gasteiger partial charge in [-0.05, 0) is 18.3 Å². The molecule has 1 saturated carbocycles. The topological polar surface area (TPSA) is 63.3 Å². The number of oxazole rings is 1. The van der Waals surface area contributed by atoms with Crippen LogP contribution in [0.15, 0.2) is 10.7 Å². The number of hydrogen-bond donors (Lipinski definition) is 1. The van der Waals surface area contributed by atoms with E-state index < -0.39 is 5.97 Å². The molecular weight excluding hydrogens is 206 g/mol. The molecule has 16 heavy (non-hydrogen) atoms. The lowest BCUT2D eigenvalue weighted by Gasteiger charge is -2.36. The summed E-state index contributed by atoms with van der Waals surface area (Å²) in [4.78, 5) is 14.8. The first-order valence-corrected chi connectivity index (χ1v) is 5.69. The normalized spacial score (nSPS) is 24.2. The van der Waals surface area contributed by atoms with Crippen LogP contribution in [0.5, 0.6) is 0 Å². The number of nitrogens with zero attached hydrogens (tertiary/aromatic N) is 1. The van der Waals surface area contributed by atoms with E-state index in [0.29, 0.717) is 5.89 Å². The number of carbonyl (C=O) groups is 1. The Balaban J connectivity index is 2.25. The second-order valence-corrected chi connectivity index (χ2v) is 5.16. The van der Waals surface area contributed by atoms with E-state index >= 15 is 0 Å². The van der Waals surface area contributed by atoms with Crippen molar-refractivity contribution in [1.82, 2.24) is 4.98 Å². The van der Waals surface area contributed by atoms with Crippen LogP contribution in [0.25, 0.3) is 0 Å². The van der Waals surface area contributed by atoms with Crippen LogP contribution in [-0.2, 0) is 0 Å². The van der Waals surface area contributed by atoms with Crippen LogP contribution < -0.4 is 0 Å². The van der Waals surface area contributed by atoms with E-state index in [-0.39, 0.29) is 17.0 Å². The molecule has 0 aromatic carbocycles. The third-order valence-corrected chi connectivity index (χ3v) is 3.55. The third-order valence-electron chi connectivity index (χ3n) is 3.55. The van der Waals surface area contributed by atoms with E-state index in [1.165, 1.54) is 19.1 Å². The average Bonchev–Trinajstić information content (AvgIpc) is 2.65. The Labute approximate surface area is 94.7 Å². The molecule has 1 aromatic heterocycles. The number of carboxylic acid groups (broad SMARTS) is 1. The van der Waals surface area contributed by atoms with Crippen molar-refractivity contribution < 1.29 is 14.3 Å². The fourth-order valence-electron chi connectivity index (χ4n) is 2.50. The van der Waals surface area contributed by atoms with Crippen LogP contribution in [0, 0.1) is 5.41 Å². The SMILES string of the molecule is CC1(C)CCCCC1c1nc(C(=O)O)co1. The summed E-state index contributed by atoms with van der Waals surface area (Å²) < 4.78 is 5.31. The van der Waals surface area contributed by atoms with Crippen LogP contribution in [0.2, 0.25) is 0 Å². The monoisotopic (exact) mass is 223 g/mol. The van der Waals surface area contributed by atoms with Crippen LogP contribution in [0.4, 0.5) is 0 Å². The van der Waals surface area contributed by atoms with E-state index in [0.717, 1.165) is 12.8 Å². The van der Waals surface area contributed by atoms with Crippen molar-refractivity contribution in [1.29, 1.82) is 0 Å². The quantitative estimate of drug-likeness (QED) is 0.836. The first kappa shape index (κ1) is 11.2. The molecule has 1 aliphatic carbocycles. The molecular formula is C12H17NO3. The van der Waals surface area contributed by atoms with E-state index in [4.69, 9.17) is 9.52 Å². The van der Waals surface area contributed by atoms with Crippen molar-refractivity contribution in [2.75, 3.05) is 0 Å². The molecule has 1 aliphatic rings. The fourth-order valence-corrected chi connectivity index (χ4v) is 2.50. The van der Waals surface area contributed by atoms with Crippen molar-refractivity contribution in [3.8, 4) is 0 Å². The van der Waals surface area contributed by atoms with E-state index in [2.05, 4.69) is 18.8 Å². The van der Waals surface area contributed by atoms with Crippen molar-refractivity contribution >= 4 is 5.97 Å². The maximum Gasteiger partial charge on any atom is 0.357 e. The number of hydrogen-bond acceptors (Lipinski definition) is 3. The molecule has 0 saturated heterocycles.